The molecule has 0 radical (unpaired) electrons. The normalized spacial score (nSPS) is 12.7. The number of aliphatic hydroxyl groups excluding tert-OH is 1. The second-order valence-corrected chi connectivity index (χ2v) is 12.8. The maximum absolute atomic E-state index is 10.4. The summed E-state index contributed by atoms with van der Waals surface area (Å²) in [6.07, 6.45) is -0.243. The minimum atomic E-state index is -2.56. The van der Waals surface area contributed by atoms with E-state index in [1.54, 1.807) is 0 Å². The lowest BCUT2D eigenvalue weighted by atomic mass is 10.2. The van der Waals surface area contributed by atoms with Gasteiger partial charge in [0.1, 0.15) is 6.10 Å². The van der Waals surface area contributed by atoms with Crippen molar-refractivity contribution in [2.24, 2.45) is 0 Å². The summed E-state index contributed by atoms with van der Waals surface area (Å²) in [6.45, 7) is 7.22. The Kier molecular flexibility index (Phi) is 7.28. The average Bonchev–Trinajstić information content (AvgIpc) is 2.76. The van der Waals surface area contributed by atoms with Gasteiger partial charge in [0.15, 0.2) is 0 Å². The quantitative estimate of drug-likeness (QED) is 0.480. The first-order valence-electron chi connectivity index (χ1n) is 10.4. The van der Waals surface area contributed by atoms with Crippen LogP contribution in [-0.2, 0) is 4.43 Å². The van der Waals surface area contributed by atoms with Gasteiger partial charge in [0, 0.05) is 18.6 Å². The topological polar surface area (TPSA) is 29.5 Å². The van der Waals surface area contributed by atoms with E-state index in [-0.39, 0.29) is 5.04 Å². The smallest absolute Gasteiger partial charge is 0.261 e. The average molecular weight is 415 g/mol. The van der Waals surface area contributed by atoms with Crippen molar-refractivity contribution in [3.63, 3.8) is 0 Å². The molecule has 30 heavy (non-hydrogen) atoms. The molecule has 154 valence electrons. The van der Waals surface area contributed by atoms with E-state index in [2.05, 4.69) is 81.1 Å². The lowest BCUT2D eigenvalue weighted by molar-refractivity contribution is 0.181. The van der Waals surface area contributed by atoms with Crippen molar-refractivity contribution < 1.29 is 9.53 Å². The van der Waals surface area contributed by atoms with Crippen LogP contribution < -0.4 is 10.4 Å². The maximum Gasteiger partial charge on any atom is 0.261 e. The highest BCUT2D eigenvalue weighted by Crippen LogP contribution is 2.36. The molecule has 0 bridgehead atoms. The molecule has 0 spiro atoms. The Hall–Kier alpha value is -2.64. The van der Waals surface area contributed by atoms with Crippen LogP contribution in [0.4, 0.5) is 0 Å². The molecular weight excluding hydrogens is 384 g/mol. The summed E-state index contributed by atoms with van der Waals surface area (Å²) in [7, 11) is -2.56. The Morgan fingerprint density at radius 2 is 1.27 bits per heavy atom. The molecule has 3 aromatic carbocycles. The van der Waals surface area contributed by atoms with Crippen LogP contribution in [0.3, 0.4) is 0 Å². The Morgan fingerprint density at radius 3 is 1.73 bits per heavy atom. The van der Waals surface area contributed by atoms with E-state index in [9.17, 15) is 5.11 Å². The SMILES string of the molecule is CC(C)(C)[Si](OCCC(O)C#Cc1ccccc1)(c1ccccc1)c1ccccc1. The molecule has 0 aliphatic rings. The van der Waals surface area contributed by atoms with Gasteiger partial charge in [0.05, 0.1) is 0 Å². The molecule has 0 fully saturated rings. The summed E-state index contributed by atoms with van der Waals surface area (Å²) in [5, 5.41) is 12.8. The van der Waals surface area contributed by atoms with Crippen molar-refractivity contribution in [3.8, 4) is 11.8 Å². The molecule has 2 nitrogen and oxygen atoms in total. The molecule has 0 heterocycles. The van der Waals surface area contributed by atoms with Crippen LogP contribution in [0, 0.1) is 11.8 Å². The van der Waals surface area contributed by atoms with Gasteiger partial charge in [-0.1, -0.05) is 111 Å². The van der Waals surface area contributed by atoms with Crippen LogP contribution >= 0.6 is 0 Å². The maximum atomic E-state index is 10.4. The zero-order chi connectivity index (χ0) is 21.5. The third-order valence-corrected chi connectivity index (χ3v) is 10.3. The highest BCUT2D eigenvalue weighted by Gasteiger charge is 2.49. The molecule has 0 saturated carbocycles. The number of benzene rings is 3. The van der Waals surface area contributed by atoms with E-state index < -0.39 is 14.4 Å². The van der Waals surface area contributed by atoms with Crippen molar-refractivity contribution >= 4 is 18.7 Å². The zero-order valence-corrected chi connectivity index (χ0v) is 19.0. The van der Waals surface area contributed by atoms with Crippen LogP contribution in [0.5, 0.6) is 0 Å². The van der Waals surface area contributed by atoms with E-state index in [0.717, 1.165) is 5.56 Å². The largest absolute Gasteiger partial charge is 0.407 e. The fraction of sp³-hybridized carbons (Fsp3) is 0.259. The van der Waals surface area contributed by atoms with Crippen molar-refractivity contribution in [3.05, 3.63) is 96.6 Å². The van der Waals surface area contributed by atoms with Gasteiger partial charge in [-0.2, -0.15) is 0 Å². The molecule has 1 unspecified atom stereocenters. The van der Waals surface area contributed by atoms with Crippen molar-refractivity contribution in [1.82, 2.24) is 0 Å². The van der Waals surface area contributed by atoms with E-state index in [1.807, 2.05) is 42.5 Å². The fourth-order valence-electron chi connectivity index (χ4n) is 3.85. The van der Waals surface area contributed by atoms with Gasteiger partial charge in [-0.05, 0) is 27.5 Å². The van der Waals surface area contributed by atoms with Crippen LogP contribution in [-0.4, -0.2) is 26.1 Å². The second kappa shape index (κ2) is 9.91. The van der Waals surface area contributed by atoms with Crippen LogP contribution in [0.15, 0.2) is 91.0 Å². The van der Waals surface area contributed by atoms with Crippen molar-refractivity contribution in [2.45, 2.75) is 38.3 Å². The molecule has 0 saturated heterocycles. The van der Waals surface area contributed by atoms with E-state index >= 15 is 0 Å². The van der Waals surface area contributed by atoms with Gasteiger partial charge >= 0.3 is 0 Å². The lowest BCUT2D eigenvalue weighted by Gasteiger charge is -2.43. The first-order chi connectivity index (χ1) is 14.4. The molecule has 0 aliphatic heterocycles. The standard InChI is InChI=1S/C27H30O2Si/c1-27(2,3)30(25-15-9-5-10-16-25,26-17-11-6-12-18-26)29-22-21-24(28)20-19-23-13-7-4-8-14-23/h4-18,24,28H,21-22H2,1-3H3. The summed E-state index contributed by atoms with van der Waals surface area (Å²) >= 11 is 0. The molecule has 1 atom stereocenters. The second-order valence-electron chi connectivity index (χ2n) is 8.45. The molecule has 0 aliphatic carbocycles. The first kappa shape index (κ1) is 22.1. The molecule has 0 aromatic heterocycles. The zero-order valence-electron chi connectivity index (χ0n) is 18.0. The van der Waals surface area contributed by atoms with Crippen molar-refractivity contribution in [1.29, 1.82) is 0 Å². The Bertz CT molecular complexity index is 928. The van der Waals surface area contributed by atoms with E-state index in [1.165, 1.54) is 10.4 Å². The fourth-order valence-corrected chi connectivity index (χ4v) is 8.43. The van der Waals surface area contributed by atoms with Gasteiger partial charge in [-0.15, -0.1) is 0 Å². The Labute approximate surface area is 181 Å². The van der Waals surface area contributed by atoms with Crippen LogP contribution in [0.25, 0.3) is 0 Å². The minimum absolute atomic E-state index is 0.0730. The number of aliphatic hydroxyl groups is 1. The Balaban J connectivity index is 1.84. The van der Waals surface area contributed by atoms with Gasteiger partial charge in [0.2, 0.25) is 0 Å². The number of rotatable bonds is 6. The molecule has 3 heteroatoms. The molecular formula is C27H30O2Si. The van der Waals surface area contributed by atoms with Crippen molar-refractivity contribution in [2.75, 3.05) is 6.61 Å². The lowest BCUT2D eigenvalue weighted by Crippen LogP contribution is -2.66. The van der Waals surface area contributed by atoms with Crippen LogP contribution in [0.2, 0.25) is 5.04 Å². The van der Waals surface area contributed by atoms with Gasteiger partial charge < -0.3 is 9.53 Å². The molecule has 3 aromatic rings. The van der Waals surface area contributed by atoms with E-state index in [4.69, 9.17) is 4.43 Å². The minimum Gasteiger partial charge on any atom is -0.407 e. The Morgan fingerprint density at radius 1 is 0.800 bits per heavy atom. The highest BCUT2D eigenvalue weighted by atomic mass is 28.4. The third-order valence-electron chi connectivity index (χ3n) is 5.28. The molecule has 0 amide bonds. The van der Waals surface area contributed by atoms with Gasteiger partial charge in [0.25, 0.3) is 8.32 Å². The monoisotopic (exact) mass is 414 g/mol. The van der Waals surface area contributed by atoms with Gasteiger partial charge in [-0.3, -0.25) is 0 Å². The van der Waals surface area contributed by atoms with Crippen LogP contribution in [0.1, 0.15) is 32.8 Å². The predicted octanol–water partition coefficient (Wildman–Crippen LogP) is 4.37. The number of hydrogen-bond donors (Lipinski definition) is 1. The molecule has 1 N–H and O–H groups in total. The number of hydrogen-bond acceptors (Lipinski definition) is 2. The van der Waals surface area contributed by atoms with Gasteiger partial charge in [-0.25, -0.2) is 0 Å². The summed E-state index contributed by atoms with van der Waals surface area (Å²) < 4.78 is 6.80. The summed E-state index contributed by atoms with van der Waals surface area (Å²) in [5.41, 5.74) is 0.907. The first-order valence-corrected chi connectivity index (χ1v) is 12.3. The predicted molar refractivity (Wildman–Crippen MR) is 128 cm³/mol. The summed E-state index contributed by atoms with van der Waals surface area (Å²) in [4.78, 5) is 0. The third kappa shape index (κ3) is 5.09. The van der Waals surface area contributed by atoms with E-state index in [0.29, 0.717) is 13.0 Å². The summed E-state index contributed by atoms with van der Waals surface area (Å²) in [5.74, 6) is 5.99. The summed E-state index contributed by atoms with van der Waals surface area (Å²) in [6, 6.07) is 30.8. The highest BCUT2D eigenvalue weighted by molar-refractivity contribution is 6.99. The molecule has 3 rings (SSSR count).